The molecule has 0 aliphatic heterocycles. The largest absolute Gasteiger partial charge is 0.423 e. The first-order valence-electron chi connectivity index (χ1n) is 8.32. The van der Waals surface area contributed by atoms with Crippen molar-refractivity contribution in [3.8, 4) is 16.9 Å². The minimum atomic E-state index is -0.451. The smallest absolute Gasteiger partial charge is 0.338 e. The fourth-order valence-electron chi connectivity index (χ4n) is 2.49. The quantitative estimate of drug-likeness (QED) is 0.247. The van der Waals surface area contributed by atoms with Gasteiger partial charge in [0.25, 0.3) is 0 Å². The Morgan fingerprint density at radius 2 is 1.22 bits per heavy atom. The summed E-state index contributed by atoms with van der Waals surface area (Å²) in [6, 6.07) is 21.3. The van der Waals surface area contributed by atoms with E-state index in [9.17, 15) is 9.59 Å². The molecule has 27 heavy (non-hydrogen) atoms. The van der Waals surface area contributed by atoms with Crippen molar-refractivity contribution in [3.05, 3.63) is 101 Å². The third-order valence-corrected chi connectivity index (χ3v) is 4.25. The third-order valence-electron chi connectivity index (χ3n) is 4.00. The van der Waals surface area contributed by atoms with Crippen molar-refractivity contribution in [1.82, 2.24) is 0 Å². The van der Waals surface area contributed by atoms with Crippen LogP contribution in [-0.4, -0.2) is 11.8 Å². The maximum Gasteiger partial charge on any atom is 0.338 e. The van der Waals surface area contributed by atoms with Gasteiger partial charge in [0.1, 0.15) is 5.75 Å². The van der Waals surface area contributed by atoms with Crippen LogP contribution in [0.3, 0.4) is 0 Å². The Balaban J connectivity index is 1.75. The number of hydrogen-bond donors (Lipinski definition) is 0. The molecule has 0 fully saturated rings. The van der Waals surface area contributed by atoms with Gasteiger partial charge in [0, 0.05) is 21.7 Å². The highest BCUT2D eigenvalue weighted by atomic mass is 35.5. The minimum absolute atomic E-state index is 0.0553. The molecule has 3 rings (SSSR count). The van der Waals surface area contributed by atoms with E-state index in [1.807, 2.05) is 24.3 Å². The summed E-state index contributed by atoms with van der Waals surface area (Å²) >= 11 is 5.86. The molecule has 0 radical (unpaired) electrons. The van der Waals surface area contributed by atoms with Gasteiger partial charge in [0.15, 0.2) is 5.78 Å². The molecule has 3 aromatic carbocycles. The van der Waals surface area contributed by atoms with Crippen molar-refractivity contribution in [3.63, 3.8) is 0 Å². The van der Waals surface area contributed by atoms with Gasteiger partial charge < -0.3 is 4.74 Å². The second-order valence-corrected chi connectivity index (χ2v) is 6.54. The fourth-order valence-corrected chi connectivity index (χ4v) is 2.62. The van der Waals surface area contributed by atoms with Crippen molar-refractivity contribution in [2.24, 2.45) is 0 Å². The normalized spacial score (nSPS) is 10.3. The average molecular weight is 377 g/mol. The van der Waals surface area contributed by atoms with Gasteiger partial charge in [-0.15, -0.1) is 0 Å². The van der Waals surface area contributed by atoms with Gasteiger partial charge in [0.2, 0.25) is 0 Å². The Hall–Kier alpha value is -3.17. The van der Waals surface area contributed by atoms with Gasteiger partial charge in [-0.3, -0.25) is 4.79 Å². The average Bonchev–Trinajstić information content (AvgIpc) is 2.69. The van der Waals surface area contributed by atoms with Crippen molar-refractivity contribution in [2.75, 3.05) is 0 Å². The van der Waals surface area contributed by atoms with Crippen molar-refractivity contribution in [2.45, 2.75) is 6.92 Å². The number of rotatable bonds is 5. The predicted molar refractivity (Wildman–Crippen MR) is 107 cm³/mol. The summed E-state index contributed by atoms with van der Waals surface area (Å²) in [6.45, 7) is 5.16. The Morgan fingerprint density at radius 3 is 1.70 bits per heavy atom. The van der Waals surface area contributed by atoms with Gasteiger partial charge in [0.05, 0.1) is 0 Å². The van der Waals surface area contributed by atoms with Crippen LogP contribution in [0.2, 0.25) is 5.02 Å². The topological polar surface area (TPSA) is 43.4 Å². The van der Waals surface area contributed by atoms with Gasteiger partial charge in [-0.25, -0.2) is 4.79 Å². The summed E-state index contributed by atoms with van der Waals surface area (Å²) in [5.41, 5.74) is 3.46. The maximum absolute atomic E-state index is 12.5. The molecule has 0 saturated carbocycles. The SMILES string of the molecule is C=C(C)C(=O)Oc1ccc(-c2ccc(C(=O)c3ccc(Cl)cc3)cc2)cc1. The van der Waals surface area contributed by atoms with Gasteiger partial charge >= 0.3 is 5.97 Å². The number of carbonyl (C=O) groups excluding carboxylic acids is 2. The number of esters is 1. The zero-order valence-electron chi connectivity index (χ0n) is 14.7. The van der Waals surface area contributed by atoms with E-state index in [1.54, 1.807) is 55.5 Å². The summed E-state index contributed by atoms with van der Waals surface area (Å²) in [6.07, 6.45) is 0. The lowest BCUT2D eigenvalue weighted by Gasteiger charge is -2.07. The molecule has 0 bridgehead atoms. The summed E-state index contributed by atoms with van der Waals surface area (Å²) < 4.78 is 5.18. The Kier molecular flexibility index (Phi) is 5.53. The fraction of sp³-hybridized carbons (Fsp3) is 0.0435. The molecule has 0 saturated heterocycles. The van der Waals surface area contributed by atoms with Crippen LogP contribution < -0.4 is 4.74 Å². The molecule has 0 unspecified atom stereocenters. The lowest BCUT2D eigenvalue weighted by atomic mass is 9.99. The number of halogens is 1. The van der Waals surface area contributed by atoms with Crippen LogP contribution in [0.25, 0.3) is 11.1 Å². The summed E-state index contributed by atoms with van der Waals surface area (Å²) in [7, 11) is 0. The van der Waals surface area contributed by atoms with E-state index < -0.39 is 5.97 Å². The molecule has 0 aliphatic carbocycles. The molecule has 3 aromatic rings. The van der Waals surface area contributed by atoms with E-state index in [0.717, 1.165) is 11.1 Å². The zero-order valence-corrected chi connectivity index (χ0v) is 15.5. The molecular formula is C23H17ClO3. The molecule has 3 nitrogen and oxygen atoms in total. The Morgan fingerprint density at radius 1 is 0.778 bits per heavy atom. The van der Waals surface area contributed by atoms with Gasteiger partial charge in [-0.05, 0) is 54.4 Å². The number of ether oxygens (including phenoxy) is 1. The first-order valence-corrected chi connectivity index (χ1v) is 8.70. The van der Waals surface area contributed by atoms with Gasteiger partial charge in [-0.2, -0.15) is 0 Å². The lowest BCUT2D eigenvalue weighted by Crippen LogP contribution is -2.07. The monoisotopic (exact) mass is 376 g/mol. The summed E-state index contributed by atoms with van der Waals surface area (Å²) in [5, 5.41) is 0.597. The lowest BCUT2D eigenvalue weighted by molar-refractivity contribution is -0.130. The van der Waals surface area contributed by atoms with Crippen LogP contribution in [0.4, 0.5) is 0 Å². The highest BCUT2D eigenvalue weighted by Gasteiger charge is 2.10. The molecule has 134 valence electrons. The highest BCUT2D eigenvalue weighted by molar-refractivity contribution is 6.30. The Labute approximate surface area is 162 Å². The van der Waals surface area contributed by atoms with Crippen LogP contribution in [0.1, 0.15) is 22.8 Å². The van der Waals surface area contributed by atoms with E-state index in [-0.39, 0.29) is 5.78 Å². The predicted octanol–water partition coefficient (Wildman–Crippen LogP) is 5.72. The van der Waals surface area contributed by atoms with Crippen LogP contribution in [0.15, 0.2) is 84.9 Å². The summed E-state index contributed by atoms with van der Waals surface area (Å²) in [4.78, 5) is 24.1. The second-order valence-electron chi connectivity index (χ2n) is 6.11. The number of hydrogen-bond acceptors (Lipinski definition) is 3. The standard InChI is InChI=1S/C23H17ClO3/c1-15(2)23(26)27-21-13-9-17(10-14-21)16-3-5-18(6-4-16)22(25)19-7-11-20(24)12-8-19/h3-14H,1H2,2H3. The minimum Gasteiger partial charge on any atom is -0.423 e. The molecule has 0 heterocycles. The maximum atomic E-state index is 12.5. The number of benzene rings is 3. The zero-order chi connectivity index (χ0) is 19.4. The van der Waals surface area contributed by atoms with Gasteiger partial charge in [-0.1, -0.05) is 54.6 Å². The number of ketones is 1. The summed E-state index contributed by atoms with van der Waals surface area (Å²) in [5.74, 6) is -0.0469. The molecule has 0 amide bonds. The highest BCUT2D eigenvalue weighted by Crippen LogP contribution is 2.24. The molecule has 0 N–H and O–H groups in total. The second kappa shape index (κ2) is 8.02. The van der Waals surface area contributed by atoms with E-state index in [4.69, 9.17) is 16.3 Å². The molecule has 0 aromatic heterocycles. The van der Waals surface area contributed by atoms with E-state index >= 15 is 0 Å². The van der Waals surface area contributed by atoms with Crippen molar-refractivity contribution >= 4 is 23.4 Å². The molecular weight excluding hydrogens is 360 g/mol. The Bertz CT molecular complexity index is 985. The molecule has 4 heteroatoms. The van der Waals surface area contributed by atoms with Crippen molar-refractivity contribution in [1.29, 1.82) is 0 Å². The van der Waals surface area contributed by atoms with Crippen LogP contribution in [0, 0.1) is 0 Å². The number of carbonyl (C=O) groups is 2. The van der Waals surface area contributed by atoms with Crippen LogP contribution in [0.5, 0.6) is 5.75 Å². The van der Waals surface area contributed by atoms with E-state index in [0.29, 0.717) is 27.5 Å². The molecule has 0 atom stereocenters. The van der Waals surface area contributed by atoms with Crippen LogP contribution in [-0.2, 0) is 4.79 Å². The van der Waals surface area contributed by atoms with Crippen LogP contribution >= 0.6 is 11.6 Å². The molecule has 0 spiro atoms. The van der Waals surface area contributed by atoms with Crippen molar-refractivity contribution < 1.29 is 14.3 Å². The van der Waals surface area contributed by atoms with E-state index in [2.05, 4.69) is 6.58 Å². The first kappa shape index (κ1) is 18.6. The molecule has 0 aliphatic rings. The third kappa shape index (κ3) is 4.52. The first-order chi connectivity index (χ1) is 12.9. The van der Waals surface area contributed by atoms with E-state index in [1.165, 1.54) is 0 Å².